The average Bonchev–Trinajstić information content (AvgIpc) is 2.72. The highest BCUT2D eigenvalue weighted by Gasteiger charge is 2.14. The number of nitrogens with zero attached hydrogens (tertiary/aromatic N) is 2. The number of hydrogen-bond acceptors (Lipinski definition) is 3. The predicted octanol–water partition coefficient (Wildman–Crippen LogP) is 4.84. The molecule has 0 spiro atoms. The van der Waals surface area contributed by atoms with Gasteiger partial charge >= 0.3 is 0 Å². The highest BCUT2D eigenvalue weighted by Crippen LogP contribution is 2.24. The van der Waals surface area contributed by atoms with Crippen molar-refractivity contribution in [2.24, 2.45) is 0 Å². The van der Waals surface area contributed by atoms with Gasteiger partial charge in [-0.2, -0.15) is 0 Å². The molecule has 1 amide bonds. The molecule has 0 bridgehead atoms. The van der Waals surface area contributed by atoms with Crippen LogP contribution in [0.25, 0.3) is 22.3 Å². The van der Waals surface area contributed by atoms with Gasteiger partial charge in [0.1, 0.15) is 0 Å². The Morgan fingerprint density at radius 2 is 1.75 bits per heavy atom. The Labute approximate surface area is 164 Å². The Morgan fingerprint density at radius 1 is 0.893 bits per heavy atom. The van der Waals surface area contributed by atoms with Crippen molar-refractivity contribution < 1.29 is 4.79 Å². The summed E-state index contributed by atoms with van der Waals surface area (Å²) in [6.45, 7) is 4.54. The van der Waals surface area contributed by atoms with Gasteiger partial charge in [0.15, 0.2) is 0 Å². The van der Waals surface area contributed by atoms with E-state index in [0.717, 1.165) is 27.7 Å². The second-order valence-electron chi connectivity index (χ2n) is 6.96. The predicted molar refractivity (Wildman–Crippen MR) is 112 cm³/mol. The summed E-state index contributed by atoms with van der Waals surface area (Å²) in [4.78, 5) is 22.2. The van der Waals surface area contributed by atoms with Crippen molar-refractivity contribution in [1.29, 1.82) is 0 Å². The Kier molecular flexibility index (Phi) is 4.85. The summed E-state index contributed by atoms with van der Waals surface area (Å²) >= 11 is 0. The van der Waals surface area contributed by atoms with Gasteiger partial charge in [0.05, 0.1) is 22.5 Å². The van der Waals surface area contributed by atoms with E-state index < -0.39 is 0 Å². The zero-order valence-electron chi connectivity index (χ0n) is 15.9. The van der Waals surface area contributed by atoms with Crippen molar-refractivity contribution in [3.8, 4) is 11.4 Å². The van der Waals surface area contributed by atoms with E-state index in [9.17, 15) is 4.79 Å². The van der Waals surface area contributed by atoms with Crippen molar-refractivity contribution in [2.45, 2.75) is 20.4 Å². The van der Waals surface area contributed by atoms with E-state index in [4.69, 9.17) is 4.98 Å². The molecule has 0 fully saturated rings. The van der Waals surface area contributed by atoms with Gasteiger partial charge in [-0.25, -0.2) is 4.98 Å². The molecule has 0 atom stereocenters. The highest BCUT2D eigenvalue weighted by atomic mass is 16.1. The fraction of sp³-hybridized carbons (Fsp3) is 0.125. The van der Waals surface area contributed by atoms with Crippen LogP contribution in [0.1, 0.15) is 27.0 Å². The van der Waals surface area contributed by atoms with Gasteiger partial charge in [-0.3, -0.25) is 9.78 Å². The van der Waals surface area contributed by atoms with E-state index in [0.29, 0.717) is 17.8 Å². The largest absolute Gasteiger partial charge is 0.348 e. The van der Waals surface area contributed by atoms with Gasteiger partial charge in [0.25, 0.3) is 5.91 Å². The molecule has 2 aromatic heterocycles. The minimum absolute atomic E-state index is 0.114. The van der Waals surface area contributed by atoms with Crippen LogP contribution in [0.3, 0.4) is 0 Å². The quantitative estimate of drug-likeness (QED) is 0.561. The third-order valence-corrected chi connectivity index (χ3v) is 4.67. The molecule has 0 aliphatic heterocycles. The van der Waals surface area contributed by atoms with Crippen molar-refractivity contribution >= 4 is 16.8 Å². The van der Waals surface area contributed by atoms with Crippen LogP contribution in [0.5, 0.6) is 0 Å². The minimum Gasteiger partial charge on any atom is -0.348 e. The molecule has 0 saturated carbocycles. The molecule has 0 radical (unpaired) electrons. The molecule has 2 aromatic carbocycles. The van der Waals surface area contributed by atoms with Crippen LogP contribution in [-0.2, 0) is 6.54 Å². The number of rotatable bonds is 4. The van der Waals surface area contributed by atoms with Gasteiger partial charge in [0, 0.05) is 18.1 Å². The lowest BCUT2D eigenvalue weighted by atomic mass is 10.0. The second kappa shape index (κ2) is 7.61. The van der Waals surface area contributed by atoms with Crippen molar-refractivity contribution in [3.63, 3.8) is 0 Å². The zero-order chi connectivity index (χ0) is 19.5. The van der Waals surface area contributed by atoms with E-state index in [-0.39, 0.29) is 5.91 Å². The van der Waals surface area contributed by atoms with Crippen LogP contribution in [-0.4, -0.2) is 15.9 Å². The summed E-state index contributed by atoms with van der Waals surface area (Å²) in [6, 6.07) is 21.6. The maximum atomic E-state index is 13.1. The lowest BCUT2D eigenvalue weighted by molar-refractivity contribution is 0.0952. The Morgan fingerprint density at radius 3 is 2.54 bits per heavy atom. The number of hydrogen-bond donors (Lipinski definition) is 1. The topological polar surface area (TPSA) is 54.9 Å². The summed E-state index contributed by atoms with van der Waals surface area (Å²) in [5.74, 6) is -0.114. The first-order valence-electron chi connectivity index (χ1n) is 9.27. The molecule has 4 rings (SSSR count). The third-order valence-electron chi connectivity index (χ3n) is 4.67. The van der Waals surface area contributed by atoms with Crippen molar-refractivity contribution in [2.75, 3.05) is 0 Å². The van der Waals surface area contributed by atoms with E-state index in [1.165, 1.54) is 5.56 Å². The number of carbonyl (C=O) groups is 1. The fourth-order valence-corrected chi connectivity index (χ4v) is 3.27. The molecule has 0 aliphatic rings. The molecule has 4 aromatic rings. The van der Waals surface area contributed by atoms with Gasteiger partial charge in [0.2, 0.25) is 0 Å². The van der Waals surface area contributed by atoms with E-state index >= 15 is 0 Å². The van der Waals surface area contributed by atoms with Crippen LogP contribution in [0.15, 0.2) is 72.9 Å². The molecule has 4 nitrogen and oxygen atoms in total. The number of carbonyl (C=O) groups excluding carboxylic acids is 1. The van der Waals surface area contributed by atoms with Crippen LogP contribution >= 0.6 is 0 Å². The minimum atomic E-state index is -0.114. The lowest BCUT2D eigenvalue weighted by Crippen LogP contribution is -2.23. The number of pyridine rings is 2. The molecule has 2 heterocycles. The Bertz CT molecular complexity index is 1150. The standard InChI is InChI=1S/C24H21N3O/c1-16-6-5-7-18(12-16)15-26-24(28)20-14-23(22-8-3-4-11-25-22)27-21-10-9-17(2)13-19(20)21/h3-14H,15H2,1-2H3,(H,26,28). The summed E-state index contributed by atoms with van der Waals surface area (Å²) in [6.07, 6.45) is 1.73. The van der Waals surface area contributed by atoms with Crippen LogP contribution in [0, 0.1) is 13.8 Å². The first-order valence-corrected chi connectivity index (χ1v) is 9.27. The van der Waals surface area contributed by atoms with Crippen LogP contribution in [0.2, 0.25) is 0 Å². The zero-order valence-corrected chi connectivity index (χ0v) is 15.9. The summed E-state index contributed by atoms with van der Waals surface area (Å²) < 4.78 is 0. The SMILES string of the molecule is Cc1cccc(CNC(=O)c2cc(-c3ccccn3)nc3ccc(C)cc23)c1. The number of amides is 1. The first-order chi connectivity index (χ1) is 13.6. The molecule has 0 saturated heterocycles. The number of fused-ring (bicyclic) bond motifs is 1. The molecule has 0 aliphatic carbocycles. The monoisotopic (exact) mass is 367 g/mol. The molecule has 4 heteroatoms. The van der Waals surface area contributed by atoms with Crippen molar-refractivity contribution in [1.82, 2.24) is 15.3 Å². The maximum Gasteiger partial charge on any atom is 0.252 e. The first kappa shape index (κ1) is 17.9. The molecule has 1 N–H and O–H groups in total. The van der Waals surface area contributed by atoms with E-state index in [2.05, 4.69) is 16.4 Å². The number of benzene rings is 2. The normalized spacial score (nSPS) is 10.8. The maximum absolute atomic E-state index is 13.1. The van der Waals surface area contributed by atoms with Gasteiger partial charge < -0.3 is 5.32 Å². The molecule has 28 heavy (non-hydrogen) atoms. The highest BCUT2D eigenvalue weighted by molar-refractivity contribution is 6.07. The van der Waals surface area contributed by atoms with Crippen LogP contribution < -0.4 is 5.32 Å². The van der Waals surface area contributed by atoms with Crippen LogP contribution in [0.4, 0.5) is 0 Å². The molecule has 0 unspecified atom stereocenters. The Hall–Kier alpha value is -3.53. The average molecular weight is 367 g/mol. The van der Waals surface area contributed by atoms with Gasteiger partial charge in [-0.15, -0.1) is 0 Å². The van der Waals surface area contributed by atoms with Gasteiger partial charge in [-0.05, 0) is 49.7 Å². The fourth-order valence-electron chi connectivity index (χ4n) is 3.27. The molecular formula is C24H21N3O. The number of nitrogens with one attached hydrogen (secondary N) is 1. The van der Waals surface area contributed by atoms with Gasteiger partial charge in [-0.1, -0.05) is 47.5 Å². The van der Waals surface area contributed by atoms with E-state index in [1.54, 1.807) is 6.20 Å². The summed E-state index contributed by atoms with van der Waals surface area (Å²) in [5, 5.41) is 3.89. The summed E-state index contributed by atoms with van der Waals surface area (Å²) in [7, 11) is 0. The van der Waals surface area contributed by atoms with Crippen molar-refractivity contribution in [3.05, 3.63) is 95.2 Å². The molecule has 138 valence electrons. The number of aryl methyl sites for hydroxylation is 2. The number of aromatic nitrogens is 2. The summed E-state index contributed by atoms with van der Waals surface area (Å²) in [5.41, 5.74) is 6.18. The lowest BCUT2D eigenvalue weighted by Gasteiger charge is -2.11. The Balaban J connectivity index is 1.73. The smallest absolute Gasteiger partial charge is 0.252 e. The molecular weight excluding hydrogens is 346 g/mol. The second-order valence-corrected chi connectivity index (χ2v) is 6.96. The third kappa shape index (κ3) is 3.76. The van der Waals surface area contributed by atoms with E-state index in [1.807, 2.05) is 74.5 Å².